The number of rotatable bonds is 2. The molecule has 1 aromatic carbocycles. The summed E-state index contributed by atoms with van der Waals surface area (Å²) in [5.74, 6) is -5.12. The Balaban J connectivity index is 2.50. The summed E-state index contributed by atoms with van der Waals surface area (Å²) in [5, 5.41) is 0. The molecule has 2 rings (SSSR count). The topological polar surface area (TPSA) is 32.9 Å². The molecule has 0 unspecified atom stereocenters. The lowest BCUT2D eigenvalue weighted by Crippen LogP contribution is -2.06. The molecule has 1 aromatic heterocycles. The van der Waals surface area contributed by atoms with Crippen LogP contribution in [0, 0.1) is 17.5 Å². The minimum absolute atomic E-state index is 0.185. The average molecular weight is 225 g/mol. The monoisotopic (exact) mass is 225 g/mol. The summed E-state index contributed by atoms with van der Waals surface area (Å²) in [6.45, 7) is 0. The van der Waals surface area contributed by atoms with Crippen molar-refractivity contribution in [3.05, 3.63) is 59.2 Å². The summed E-state index contributed by atoms with van der Waals surface area (Å²) >= 11 is 0. The predicted molar refractivity (Wildman–Crippen MR) is 50.5 cm³/mol. The molecule has 0 aliphatic heterocycles. The van der Waals surface area contributed by atoms with Crippen molar-refractivity contribution in [2.24, 2.45) is 0 Å². The molecule has 0 atom stereocenters. The summed E-state index contributed by atoms with van der Waals surface area (Å²) in [7, 11) is 0. The van der Waals surface area contributed by atoms with Crippen molar-refractivity contribution in [3.63, 3.8) is 0 Å². The Kier molecular flexibility index (Phi) is 2.52. The zero-order valence-electron chi connectivity index (χ0n) is 7.93. The molecule has 0 radical (unpaired) electrons. The SMILES string of the molecule is O=C(c1cc[nH]c1)c1ccc(F)c(F)c1F. The van der Waals surface area contributed by atoms with E-state index in [1.165, 1.54) is 18.5 Å². The zero-order valence-corrected chi connectivity index (χ0v) is 7.93. The van der Waals surface area contributed by atoms with Gasteiger partial charge in [0.2, 0.25) is 0 Å². The van der Waals surface area contributed by atoms with E-state index in [1.807, 2.05) is 0 Å². The summed E-state index contributed by atoms with van der Waals surface area (Å²) in [6.07, 6.45) is 2.83. The molecule has 0 aliphatic carbocycles. The number of halogens is 3. The van der Waals surface area contributed by atoms with E-state index in [9.17, 15) is 18.0 Å². The maximum atomic E-state index is 13.3. The van der Waals surface area contributed by atoms with Crippen molar-refractivity contribution < 1.29 is 18.0 Å². The van der Waals surface area contributed by atoms with Gasteiger partial charge in [-0.1, -0.05) is 0 Å². The first kappa shape index (κ1) is 10.5. The Hall–Kier alpha value is -2.04. The molecule has 0 saturated heterocycles. The second-order valence-corrected chi connectivity index (χ2v) is 3.15. The van der Waals surface area contributed by atoms with Crippen molar-refractivity contribution >= 4 is 5.78 Å². The van der Waals surface area contributed by atoms with Crippen molar-refractivity contribution in [3.8, 4) is 0 Å². The van der Waals surface area contributed by atoms with E-state index < -0.39 is 28.8 Å². The van der Waals surface area contributed by atoms with Gasteiger partial charge in [-0.3, -0.25) is 4.79 Å². The molecule has 16 heavy (non-hydrogen) atoms. The van der Waals surface area contributed by atoms with Crippen LogP contribution in [0.5, 0.6) is 0 Å². The second kappa shape index (κ2) is 3.84. The Labute approximate surface area is 88.7 Å². The third-order valence-corrected chi connectivity index (χ3v) is 2.14. The van der Waals surface area contributed by atoms with Crippen LogP contribution in [0.1, 0.15) is 15.9 Å². The van der Waals surface area contributed by atoms with Gasteiger partial charge in [-0.25, -0.2) is 13.2 Å². The van der Waals surface area contributed by atoms with Crippen molar-refractivity contribution in [1.82, 2.24) is 4.98 Å². The fourth-order valence-electron chi connectivity index (χ4n) is 1.32. The molecule has 0 saturated carbocycles. The van der Waals surface area contributed by atoms with E-state index in [0.717, 1.165) is 12.1 Å². The fourth-order valence-corrected chi connectivity index (χ4v) is 1.32. The first-order valence-corrected chi connectivity index (χ1v) is 4.42. The highest BCUT2D eigenvalue weighted by Crippen LogP contribution is 2.18. The molecule has 5 heteroatoms. The third kappa shape index (κ3) is 1.60. The third-order valence-electron chi connectivity index (χ3n) is 2.14. The van der Waals surface area contributed by atoms with E-state index in [2.05, 4.69) is 4.98 Å². The number of aromatic amines is 1. The van der Waals surface area contributed by atoms with Crippen LogP contribution < -0.4 is 0 Å². The van der Waals surface area contributed by atoms with Crippen LogP contribution in [0.4, 0.5) is 13.2 Å². The van der Waals surface area contributed by atoms with Crippen LogP contribution in [0.2, 0.25) is 0 Å². The van der Waals surface area contributed by atoms with Crippen LogP contribution in [0.25, 0.3) is 0 Å². The molecular weight excluding hydrogens is 219 g/mol. The van der Waals surface area contributed by atoms with E-state index in [1.54, 1.807) is 0 Å². The zero-order chi connectivity index (χ0) is 11.7. The van der Waals surface area contributed by atoms with Crippen LogP contribution in [-0.4, -0.2) is 10.8 Å². The number of carbonyl (C=O) groups excluding carboxylic acids is 1. The van der Waals surface area contributed by atoms with E-state index in [4.69, 9.17) is 0 Å². The maximum absolute atomic E-state index is 13.3. The van der Waals surface area contributed by atoms with Gasteiger partial charge in [0.05, 0.1) is 5.56 Å². The molecule has 0 amide bonds. The molecular formula is C11H6F3NO. The second-order valence-electron chi connectivity index (χ2n) is 3.15. The number of hydrogen-bond donors (Lipinski definition) is 1. The van der Waals surface area contributed by atoms with Gasteiger partial charge in [0, 0.05) is 18.0 Å². The Bertz CT molecular complexity index is 534. The number of benzene rings is 1. The molecule has 0 aliphatic rings. The van der Waals surface area contributed by atoms with Gasteiger partial charge in [-0.05, 0) is 18.2 Å². The Morgan fingerprint density at radius 3 is 2.44 bits per heavy atom. The quantitative estimate of drug-likeness (QED) is 0.618. The minimum atomic E-state index is -1.64. The van der Waals surface area contributed by atoms with E-state index >= 15 is 0 Å². The van der Waals surface area contributed by atoms with Crippen LogP contribution in [-0.2, 0) is 0 Å². The lowest BCUT2D eigenvalue weighted by atomic mass is 10.1. The standard InChI is InChI=1S/C11H6F3NO/c12-8-2-1-7(9(13)10(8)14)11(16)6-3-4-15-5-6/h1-5,15H. The number of nitrogens with one attached hydrogen (secondary N) is 1. The predicted octanol–water partition coefficient (Wildman–Crippen LogP) is 2.66. The summed E-state index contributed by atoms with van der Waals surface area (Å²) < 4.78 is 38.8. The number of hydrogen-bond acceptors (Lipinski definition) is 1. The number of carbonyl (C=O) groups is 1. The molecule has 2 nitrogen and oxygen atoms in total. The molecule has 0 fully saturated rings. The van der Waals surface area contributed by atoms with Gasteiger partial charge in [0.25, 0.3) is 0 Å². The first-order valence-electron chi connectivity index (χ1n) is 4.42. The molecule has 1 N–H and O–H groups in total. The van der Waals surface area contributed by atoms with Crippen molar-refractivity contribution in [2.45, 2.75) is 0 Å². The van der Waals surface area contributed by atoms with E-state index in [0.29, 0.717) is 0 Å². The van der Waals surface area contributed by atoms with Gasteiger partial charge in [-0.2, -0.15) is 0 Å². The molecule has 82 valence electrons. The van der Waals surface area contributed by atoms with Crippen LogP contribution >= 0.6 is 0 Å². The lowest BCUT2D eigenvalue weighted by Gasteiger charge is -2.02. The molecule has 1 heterocycles. The largest absolute Gasteiger partial charge is 0.367 e. The average Bonchev–Trinajstić information content (AvgIpc) is 2.79. The number of H-pyrrole nitrogens is 1. The summed E-state index contributed by atoms with van der Waals surface area (Å²) in [5.41, 5.74) is -0.302. The smallest absolute Gasteiger partial charge is 0.197 e. The minimum Gasteiger partial charge on any atom is -0.367 e. The maximum Gasteiger partial charge on any atom is 0.197 e. The summed E-state index contributed by atoms with van der Waals surface area (Å²) in [4.78, 5) is 14.3. The van der Waals surface area contributed by atoms with E-state index in [-0.39, 0.29) is 5.56 Å². The number of ketones is 1. The highest BCUT2D eigenvalue weighted by Gasteiger charge is 2.19. The Morgan fingerprint density at radius 1 is 1.06 bits per heavy atom. The van der Waals surface area contributed by atoms with Crippen molar-refractivity contribution in [2.75, 3.05) is 0 Å². The van der Waals surface area contributed by atoms with Gasteiger partial charge in [-0.15, -0.1) is 0 Å². The fraction of sp³-hybridized carbons (Fsp3) is 0. The van der Waals surface area contributed by atoms with Gasteiger partial charge >= 0.3 is 0 Å². The van der Waals surface area contributed by atoms with Gasteiger partial charge in [0.1, 0.15) is 0 Å². The van der Waals surface area contributed by atoms with Crippen LogP contribution in [0.15, 0.2) is 30.6 Å². The van der Waals surface area contributed by atoms with Crippen molar-refractivity contribution in [1.29, 1.82) is 0 Å². The van der Waals surface area contributed by atoms with Crippen LogP contribution in [0.3, 0.4) is 0 Å². The van der Waals surface area contributed by atoms with Gasteiger partial charge < -0.3 is 4.98 Å². The highest BCUT2D eigenvalue weighted by atomic mass is 19.2. The highest BCUT2D eigenvalue weighted by molar-refractivity contribution is 6.09. The number of aromatic nitrogens is 1. The molecule has 0 spiro atoms. The normalized spacial score (nSPS) is 10.4. The molecule has 0 bridgehead atoms. The first-order chi connectivity index (χ1) is 7.61. The Morgan fingerprint density at radius 2 is 1.81 bits per heavy atom. The van der Waals surface area contributed by atoms with Gasteiger partial charge in [0.15, 0.2) is 23.2 Å². The summed E-state index contributed by atoms with van der Waals surface area (Å²) in [6, 6.07) is 3.06. The molecule has 2 aromatic rings. The lowest BCUT2D eigenvalue weighted by molar-refractivity contribution is 0.103.